The summed E-state index contributed by atoms with van der Waals surface area (Å²) in [4.78, 5) is 12.6. The third-order valence-corrected chi connectivity index (χ3v) is 8.19. The summed E-state index contributed by atoms with van der Waals surface area (Å²) in [5.74, 6) is -2.38. The van der Waals surface area contributed by atoms with E-state index >= 15 is 0 Å². The zero-order valence-corrected chi connectivity index (χ0v) is 18.7. The van der Waals surface area contributed by atoms with Crippen LogP contribution in [0.15, 0.2) is 47.4 Å². The minimum Gasteiger partial charge on any atom is -0.317 e. The van der Waals surface area contributed by atoms with Gasteiger partial charge in [-0.1, -0.05) is 30.4 Å². The first-order valence-electron chi connectivity index (χ1n) is 10.00. The number of anilines is 1. The first-order chi connectivity index (χ1) is 15.3. The fraction of sp³-hybridized carbons (Fsp3) is 0.286. The van der Waals surface area contributed by atoms with Gasteiger partial charge in [0.2, 0.25) is 15.0 Å². The molecule has 0 saturated carbocycles. The van der Waals surface area contributed by atoms with Crippen LogP contribution in [0.3, 0.4) is 0 Å². The number of aromatic nitrogens is 2. The summed E-state index contributed by atoms with van der Waals surface area (Å²) in [5.41, 5.74) is 0.855. The predicted molar refractivity (Wildman–Crippen MR) is 116 cm³/mol. The van der Waals surface area contributed by atoms with Crippen LogP contribution in [0.2, 0.25) is 0 Å². The number of carbonyl (C=O) groups excluding carboxylic acids is 1. The van der Waals surface area contributed by atoms with E-state index < -0.39 is 33.6 Å². The lowest BCUT2D eigenvalue weighted by atomic mass is 10.2. The van der Waals surface area contributed by atoms with E-state index in [0.29, 0.717) is 30.5 Å². The number of carbonyl (C=O) groups is 1. The Morgan fingerprint density at radius 1 is 1.19 bits per heavy atom. The van der Waals surface area contributed by atoms with E-state index in [1.54, 1.807) is 24.3 Å². The summed E-state index contributed by atoms with van der Waals surface area (Å²) in [7, 11) is -3.74. The molecule has 1 aliphatic heterocycles. The molecule has 4 rings (SSSR count). The average Bonchev–Trinajstić information content (AvgIpc) is 3.45. The number of aryl methyl sites for hydroxylation is 1. The normalized spacial score (nSPS) is 16.9. The highest BCUT2D eigenvalue weighted by molar-refractivity contribution is 7.89. The summed E-state index contributed by atoms with van der Waals surface area (Å²) >= 11 is 0.951. The van der Waals surface area contributed by atoms with Gasteiger partial charge in [-0.3, -0.25) is 4.79 Å². The topological polar surface area (TPSA) is 92.3 Å². The van der Waals surface area contributed by atoms with Crippen LogP contribution in [-0.2, 0) is 16.4 Å². The van der Waals surface area contributed by atoms with Crippen molar-refractivity contribution >= 4 is 33.0 Å². The molecule has 1 fully saturated rings. The number of hydrogen-bond acceptors (Lipinski definition) is 6. The van der Waals surface area contributed by atoms with E-state index in [-0.39, 0.29) is 15.6 Å². The zero-order valence-electron chi connectivity index (χ0n) is 17.1. The molecule has 0 radical (unpaired) electrons. The van der Waals surface area contributed by atoms with Crippen molar-refractivity contribution in [2.45, 2.75) is 37.1 Å². The van der Waals surface area contributed by atoms with Gasteiger partial charge in [-0.15, -0.1) is 10.2 Å². The van der Waals surface area contributed by atoms with Crippen molar-refractivity contribution in [2.24, 2.45) is 0 Å². The molecular weight excluding hydrogens is 458 g/mol. The summed E-state index contributed by atoms with van der Waals surface area (Å²) in [5, 5.41) is 10.6. The molecule has 0 bridgehead atoms. The van der Waals surface area contributed by atoms with Gasteiger partial charge < -0.3 is 5.32 Å². The predicted octanol–water partition coefficient (Wildman–Crippen LogP) is 4.16. The molecule has 1 amide bonds. The van der Waals surface area contributed by atoms with Gasteiger partial charge in [-0.2, -0.15) is 4.31 Å². The first kappa shape index (κ1) is 22.4. The minimum atomic E-state index is -3.74. The van der Waals surface area contributed by atoms with E-state index in [1.807, 2.05) is 6.92 Å². The van der Waals surface area contributed by atoms with Crippen LogP contribution in [0, 0.1) is 11.6 Å². The number of hydrogen-bond donors (Lipinski definition) is 1. The van der Waals surface area contributed by atoms with Crippen LogP contribution in [0.25, 0.3) is 0 Å². The number of halogens is 2. The Morgan fingerprint density at radius 2 is 1.94 bits per heavy atom. The molecule has 1 atom stereocenters. The number of rotatable bonds is 6. The largest absolute Gasteiger partial charge is 0.317 e. The van der Waals surface area contributed by atoms with Crippen molar-refractivity contribution in [1.29, 1.82) is 0 Å². The lowest BCUT2D eigenvalue weighted by molar-refractivity contribution is 0.102. The summed E-state index contributed by atoms with van der Waals surface area (Å²) in [6.45, 7) is 2.33. The number of nitrogens with zero attached hydrogens (tertiary/aromatic N) is 3. The molecule has 3 aromatic rings. The molecule has 1 aromatic heterocycles. The quantitative estimate of drug-likeness (QED) is 0.575. The summed E-state index contributed by atoms with van der Waals surface area (Å²) in [6.07, 6.45) is 2.01. The number of sulfonamides is 1. The Bertz CT molecular complexity index is 1250. The fourth-order valence-electron chi connectivity index (χ4n) is 3.53. The maximum absolute atomic E-state index is 13.8. The average molecular weight is 479 g/mol. The van der Waals surface area contributed by atoms with Gasteiger partial charge in [0.25, 0.3) is 5.91 Å². The molecule has 0 spiro atoms. The van der Waals surface area contributed by atoms with Gasteiger partial charge in [0.05, 0.1) is 16.6 Å². The van der Waals surface area contributed by atoms with Gasteiger partial charge >= 0.3 is 0 Å². The molecule has 32 heavy (non-hydrogen) atoms. The SMILES string of the molecule is CCc1ccc(S(=O)(=O)N2CCC[C@@H]2c2nnc(C(=O)Nc3ccc(F)cc3F)s2)cc1. The van der Waals surface area contributed by atoms with Crippen LogP contribution < -0.4 is 5.32 Å². The number of amides is 1. The van der Waals surface area contributed by atoms with Gasteiger partial charge in [0.15, 0.2) is 0 Å². The Balaban J connectivity index is 1.54. The number of nitrogens with one attached hydrogen (secondary N) is 1. The Hall–Kier alpha value is -2.76. The van der Waals surface area contributed by atoms with Gasteiger partial charge in [-0.05, 0) is 49.1 Å². The molecule has 1 saturated heterocycles. The summed E-state index contributed by atoms with van der Waals surface area (Å²) in [6, 6.07) is 9.04. The van der Waals surface area contributed by atoms with Crippen molar-refractivity contribution in [3.8, 4) is 0 Å². The molecule has 2 aromatic carbocycles. The lowest BCUT2D eigenvalue weighted by Gasteiger charge is -2.22. The standard InChI is InChI=1S/C21H20F2N4O3S2/c1-2-13-5-8-15(9-6-13)32(29,30)27-11-3-4-18(27)20-25-26-21(31-20)19(28)24-17-10-7-14(22)12-16(17)23/h5-10,12,18H,2-4,11H2,1H3,(H,24,28)/t18-/m1/s1. The van der Waals surface area contributed by atoms with Gasteiger partial charge in [0, 0.05) is 12.6 Å². The van der Waals surface area contributed by atoms with Crippen molar-refractivity contribution in [3.63, 3.8) is 0 Å². The second kappa shape index (κ2) is 9.00. The molecule has 1 N–H and O–H groups in total. The highest BCUT2D eigenvalue weighted by Gasteiger charge is 2.38. The van der Waals surface area contributed by atoms with E-state index in [1.165, 1.54) is 4.31 Å². The zero-order chi connectivity index (χ0) is 22.9. The molecule has 168 valence electrons. The second-order valence-corrected chi connectivity index (χ2v) is 10.2. The Labute approximate surface area is 188 Å². The van der Waals surface area contributed by atoms with Crippen molar-refractivity contribution < 1.29 is 22.0 Å². The highest BCUT2D eigenvalue weighted by Crippen LogP contribution is 2.37. The van der Waals surface area contributed by atoms with E-state index in [9.17, 15) is 22.0 Å². The van der Waals surface area contributed by atoms with Gasteiger partial charge in [0.1, 0.15) is 16.6 Å². The maximum Gasteiger partial charge on any atom is 0.286 e. The van der Waals surface area contributed by atoms with Gasteiger partial charge in [-0.25, -0.2) is 17.2 Å². The van der Waals surface area contributed by atoms with Crippen LogP contribution in [-0.4, -0.2) is 35.4 Å². The third-order valence-electron chi connectivity index (χ3n) is 5.24. The maximum atomic E-state index is 13.8. The van der Waals surface area contributed by atoms with Crippen LogP contribution in [0.1, 0.15) is 46.2 Å². The van der Waals surface area contributed by atoms with Crippen molar-refractivity contribution in [2.75, 3.05) is 11.9 Å². The van der Waals surface area contributed by atoms with Crippen LogP contribution >= 0.6 is 11.3 Å². The van der Waals surface area contributed by atoms with E-state index in [4.69, 9.17) is 0 Å². The smallest absolute Gasteiger partial charge is 0.286 e. The fourth-order valence-corrected chi connectivity index (χ4v) is 6.15. The Kier molecular flexibility index (Phi) is 6.31. The third kappa shape index (κ3) is 4.41. The second-order valence-electron chi connectivity index (χ2n) is 7.30. The molecule has 1 aliphatic rings. The highest BCUT2D eigenvalue weighted by atomic mass is 32.2. The van der Waals surface area contributed by atoms with E-state index in [0.717, 1.165) is 35.5 Å². The van der Waals surface area contributed by atoms with Crippen LogP contribution in [0.5, 0.6) is 0 Å². The molecule has 11 heteroatoms. The Morgan fingerprint density at radius 3 is 2.62 bits per heavy atom. The first-order valence-corrected chi connectivity index (χ1v) is 12.3. The van der Waals surface area contributed by atoms with Crippen molar-refractivity contribution in [3.05, 3.63) is 69.7 Å². The molecular formula is C21H20F2N4O3S2. The molecule has 0 unspecified atom stereocenters. The molecule has 0 aliphatic carbocycles. The lowest BCUT2D eigenvalue weighted by Crippen LogP contribution is -2.30. The molecule has 7 nitrogen and oxygen atoms in total. The minimum absolute atomic E-state index is 0.0414. The van der Waals surface area contributed by atoms with E-state index in [2.05, 4.69) is 15.5 Å². The summed E-state index contributed by atoms with van der Waals surface area (Å²) < 4.78 is 54.6. The number of benzene rings is 2. The monoisotopic (exact) mass is 478 g/mol. The van der Waals surface area contributed by atoms with Crippen molar-refractivity contribution in [1.82, 2.24) is 14.5 Å². The van der Waals surface area contributed by atoms with Crippen LogP contribution in [0.4, 0.5) is 14.5 Å². The molecule has 2 heterocycles.